The fourth-order valence-corrected chi connectivity index (χ4v) is 3.63. The van der Waals surface area contributed by atoms with Crippen LogP contribution in [0.2, 0.25) is 0 Å². The van der Waals surface area contributed by atoms with Crippen molar-refractivity contribution in [3.63, 3.8) is 0 Å². The summed E-state index contributed by atoms with van der Waals surface area (Å²) >= 11 is 0. The van der Waals surface area contributed by atoms with E-state index < -0.39 is 12.0 Å². The molecule has 0 spiro atoms. The molecule has 2 aliphatic heterocycles. The van der Waals surface area contributed by atoms with E-state index in [0.29, 0.717) is 6.61 Å². The van der Waals surface area contributed by atoms with Gasteiger partial charge in [-0.1, -0.05) is 30.3 Å². The van der Waals surface area contributed by atoms with Gasteiger partial charge in [-0.25, -0.2) is 9.97 Å². The van der Waals surface area contributed by atoms with Gasteiger partial charge in [0.25, 0.3) is 0 Å². The topological polar surface area (TPSA) is 50.3 Å². The third-order valence-corrected chi connectivity index (χ3v) is 4.85. The van der Waals surface area contributed by atoms with Gasteiger partial charge in [-0.05, 0) is 18.1 Å². The largest absolute Gasteiger partial charge is 0.451 e. The van der Waals surface area contributed by atoms with Crippen LogP contribution in [0.3, 0.4) is 0 Å². The number of benzene rings is 1. The number of rotatable bonds is 3. The van der Waals surface area contributed by atoms with Gasteiger partial charge in [-0.3, -0.25) is 4.90 Å². The first-order valence-corrected chi connectivity index (χ1v) is 8.56. The van der Waals surface area contributed by atoms with Crippen molar-refractivity contribution in [2.75, 3.05) is 25.0 Å². The predicted octanol–water partition coefficient (Wildman–Crippen LogP) is 3.12. The van der Waals surface area contributed by atoms with E-state index in [1.807, 2.05) is 18.2 Å². The number of hydrogen-bond acceptors (Lipinski definition) is 5. The Morgan fingerprint density at radius 2 is 1.92 bits per heavy atom. The van der Waals surface area contributed by atoms with Crippen molar-refractivity contribution < 1.29 is 17.9 Å². The molecule has 0 radical (unpaired) electrons. The summed E-state index contributed by atoms with van der Waals surface area (Å²) in [6, 6.07) is 11.8. The van der Waals surface area contributed by atoms with Crippen molar-refractivity contribution in [2.24, 2.45) is 0 Å². The van der Waals surface area contributed by atoms with Crippen molar-refractivity contribution in [1.82, 2.24) is 14.9 Å². The summed E-state index contributed by atoms with van der Waals surface area (Å²) in [4.78, 5) is 9.22. The van der Waals surface area contributed by atoms with E-state index in [2.05, 4.69) is 32.3 Å². The van der Waals surface area contributed by atoms with Crippen LogP contribution in [0.5, 0.6) is 0 Å². The number of morpholine rings is 1. The maximum absolute atomic E-state index is 12.7. The molecule has 0 unspecified atom stereocenters. The lowest BCUT2D eigenvalue weighted by atomic mass is 10.1. The van der Waals surface area contributed by atoms with Crippen LogP contribution < -0.4 is 5.32 Å². The molecular formula is C18H19F3N4O. The number of nitrogens with zero attached hydrogens (tertiary/aromatic N) is 3. The van der Waals surface area contributed by atoms with Crippen LogP contribution in [0.4, 0.5) is 19.0 Å². The molecule has 0 amide bonds. The van der Waals surface area contributed by atoms with Crippen molar-refractivity contribution in [2.45, 2.75) is 30.8 Å². The average molecular weight is 364 g/mol. The Bertz CT molecular complexity index is 756. The fraction of sp³-hybridized carbons (Fsp3) is 0.444. The van der Waals surface area contributed by atoms with E-state index in [-0.39, 0.29) is 24.0 Å². The van der Waals surface area contributed by atoms with Gasteiger partial charge in [0.15, 0.2) is 0 Å². The highest BCUT2D eigenvalue weighted by Gasteiger charge is 2.38. The molecule has 2 fully saturated rings. The molecule has 26 heavy (non-hydrogen) atoms. The number of alkyl halides is 3. The van der Waals surface area contributed by atoms with E-state index in [9.17, 15) is 13.2 Å². The van der Waals surface area contributed by atoms with Crippen LogP contribution in [-0.4, -0.2) is 46.6 Å². The van der Waals surface area contributed by atoms with Gasteiger partial charge < -0.3 is 10.1 Å². The van der Waals surface area contributed by atoms with Gasteiger partial charge in [-0.15, -0.1) is 0 Å². The van der Waals surface area contributed by atoms with Crippen LogP contribution in [0.1, 0.15) is 23.9 Å². The zero-order valence-electron chi connectivity index (χ0n) is 14.0. The number of aromatic nitrogens is 2. The van der Waals surface area contributed by atoms with Crippen molar-refractivity contribution >= 4 is 5.82 Å². The van der Waals surface area contributed by atoms with Crippen molar-refractivity contribution in [3.05, 3.63) is 54.0 Å². The standard InChI is InChI=1S/C18H19F3N4O/c19-18(20,21)17-22-7-6-16(24-17)23-13-8-14-11-26-15(10-25(14)9-13)12-4-2-1-3-5-12/h1-7,13-15H,8-11H2,(H,22,23,24)/t13-,14+,15-/m1/s1. The Kier molecular flexibility index (Phi) is 4.54. The molecule has 2 aliphatic rings. The molecule has 1 aromatic heterocycles. The van der Waals surface area contributed by atoms with E-state index in [0.717, 1.165) is 31.3 Å². The molecule has 138 valence electrons. The Hall–Kier alpha value is -2.19. The SMILES string of the molecule is FC(F)(F)c1nccc(N[C@@H]2C[C@H]3CO[C@@H](c4ccccc4)CN3C2)n1. The van der Waals surface area contributed by atoms with E-state index in [1.54, 1.807) is 0 Å². The van der Waals surface area contributed by atoms with Crippen LogP contribution in [0.15, 0.2) is 42.6 Å². The molecule has 5 nitrogen and oxygen atoms in total. The number of fused-ring (bicyclic) bond motifs is 1. The van der Waals surface area contributed by atoms with Gasteiger partial charge in [-0.2, -0.15) is 13.2 Å². The zero-order valence-corrected chi connectivity index (χ0v) is 14.0. The van der Waals surface area contributed by atoms with Gasteiger partial charge in [0.1, 0.15) is 5.82 Å². The normalized spacial score (nSPS) is 26.5. The molecule has 1 aromatic carbocycles. The summed E-state index contributed by atoms with van der Waals surface area (Å²) in [5.74, 6) is -0.914. The smallest absolute Gasteiger partial charge is 0.371 e. The maximum atomic E-state index is 12.7. The number of hydrogen-bond donors (Lipinski definition) is 1. The molecule has 2 aromatic rings. The second-order valence-electron chi connectivity index (χ2n) is 6.68. The number of anilines is 1. The van der Waals surface area contributed by atoms with E-state index >= 15 is 0 Å². The first kappa shape index (κ1) is 17.2. The maximum Gasteiger partial charge on any atom is 0.451 e. The second kappa shape index (κ2) is 6.85. The molecule has 2 saturated heterocycles. The summed E-state index contributed by atoms with van der Waals surface area (Å²) in [5.41, 5.74) is 1.15. The van der Waals surface area contributed by atoms with Crippen LogP contribution >= 0.6 is 0 Å². The second-order valence-corrected chi connectivity index (χ2v) is 6.68. The quantitative estimate of drug-likeness (QED) is 0.907. The summed E-state index contributed by atoms with van der Waals surface area (Å²) in [6.45, 7) is 2.16. The monoisotopic (exact) mass is 364 g/mol. The van der Waals surface area contributed by atoms with Gasteiger partial charge in [0.05, 0.1) is 12.7 Å². The van der Waals surface area contributed by atoms with Crippen LogP contribution in [0, 0.1) is 0 Å². The van der Waals surface area contributed by atoms with Crippen LogP contribution in [0.25, 0.3) is 0 Å². The molecular weight excluding hydrogens is 345 g/mol. The molecule has 0 bridgehead atoms. The minimum absolute atomic E-state index is 0.0297. The lowest BCUT2D eigenvalue weighted by molar-refractivity contribution is -0.144. The highest BCUT2D eigenvalue weighted by Crippen LogP contribution is 2.31. The van der Waals surface area contributed by atoms with E-state index in [1.165, 1.54) is 6.07 Å². The summed E-state index contributed by atoms with van der Waals surface area (Å²) in [7, 11) is 0. The first-order valence-electron chi connectivity index (χ1n) is 8.56. The molecule has 3 atom stereocenters. The highest BCUT2D eigenvalue weighted by molar-refractivity contribution is 5.35. The molecule has 1 N–H and O–H groups in total. The van der Waals surface area contributed by atoms with Gasteiger partial charge in [0.2, 0.25) is 5.82 Å². The van der Waals surface area contributed by atoms with Crippen LogP contribution in [-0.2, 0) is 10.9 Å². The van der Waals surface area contributed by atoms with Crippen molar-refractivity contribution in [1.29, 1.82) is 0 Å². The Labute approximate surface area is 149 Å². The number of ether oxygens (including phenoxy) is 1. The van der Waals surface area contributed by atoms with Gasteiger partial charge >= 0.3 is 6.18 Å². The Morgan fingerprint density at radius 1 is 1.12 bits per heavy atom. The third kappa shape index (κ3) is 3.66. The minimum atomic E-state index is -4.54. The average Bonchev–Trinajstić information content (AvgIpc) is 3.03. The molecule has 4 rings (SSSR count). The molecule has 0 saturated carbocycles. The van der Waals surface area contributed by atoms with Crippen molar-refractivity contribution in [3.8, 4) is 0 Å². The summed E-state index contributed by atoms with van der Waals surface area (Å²) in [5, 5.41) is 3.12. The highest BCUT2D eigenvalue weighted by atomic mass is 19.4. The third-order valence-electron chi connectivity index (χ3n) is 4.85. The van der Waals surface area contributed by atoms with E-state index in [4.69, 9.17) is 4.74 Å². The molecule has 0 aliphatic carbocycles. The predicted molar refractivity (Wildman–Crippen MR) is 89.6 cm³/mol. The minimum Gasteiger partial charge on any atom is -0.371 e. The first-order chi connectivity index (χ1) is 12.5. The fourth-order valence-electron chi connectivity index (χ4n) is 3.63. The zero-order chi connectivity index (χ0) is 18.1. The summed E-state index contributed by atoms with van der Waals surface area (Å²) < 4.78 is 44.2. The molecule has 3 heterocycles. The Morgan fingerprint density at radius 3 is 2.69 bits per heavy atom. The lowest BCUT2D eigenvalue weighted by Crippen LogP contribution is -2.42. The summed E-state index contributed by atoms with van der Waals surface area (Å²) in [6.07, 6.45) is -2.56. The lowest BCUT2D eigenvalue weighted by Gasteiger charge is -2.35. The number of nitrogens with one attached hydrogen (secondary N) is 1. The van der Waals surface area contributed by atoms with Gasteiger partial charge in [0, 0.05) is 31.4 Å². The number of halogens is 3. The molecule has 8 heteroatoms. The Balaban J connectivity index is 1.40.